The number of carbonyl (C=O) groups excluding carboxylic acids is 2. The van der Waals surface area contributed by atoms with Crippen molar-refractivity contribution < 1.29 is 18.7 Å². The average molecular weight is 383 g/mol. The molecule has 3 fully saturated rings. The summed E-state index contributed by atoms with van der Waals surface area (Å²) in [5.41, 5.74) is -0.164. The normalized spacial score (nSPS) is 42.8. The second kappa shape index (κ2) is 5.76. The number of fused-ring (bicyclic) bond motifs is 2. The first-order chi connectivity index (χ1) is 13.4. The fourth-order valence-electron chi connectivity index (χ4n) is 6.75. The number of carbonyl (C=O) groups is 2. The maximum atomic E-state index is 13.7. The second-order valence-corrected chi connectivity index (χ2v) is 9.24. The van der Waals surface area contributed by atoms with Crippen LogP contribution >= 0.6 is 0 Å². The number of halogens is 1. The predicted octanol–water partition coefficient (Wildman–Crippen LogP) is 3.06. The van der Waals surface area contributed by atoms with Crippen molar-refractivity contribution in [2.75, 3.05) is 13.1 Å². The highest BCUT2D eigenvalue weighted by Crippen LogP contribution is 2.87. The van der Waals surface area contributed by atoms with E-state index in [-0.39, 0.29) is 46.3 Å². The smallest absolute Gasteiger partial charge is 0.310 e. The van der Waals surface area contributed by atoms with Gasteiger partial charge in [-0.3, -0.25) is 9.59 Å². The van der Waals surface area contributed by atoms with Gasteiger partial charge in [0, 0.05) is 23.3 Å². The first-order valence-electron chi connectivity index (χ1n) is 10.2. The largest absolute Gasteiger partial charge is 0.461 e. The highest BCUT2D eigenvalue weighted by atomic mass is 19.1. The molecule has 0 bridgehead atoms. The number of nitrogens with one attached hydrogen (secondary N) is 1. The molecule has 1 aliphatic heterocycles. The van der Waals surface area contributed by atoms with Crippen LogP contribution in [0, 0.1) is 33.9 Å². The summed E-state index contributed by atoms with van der Waals surface area (Å²) in [6, 6.07) is 6.77. The number of ketones is 1. The molecular weight excluding hydrogens is 357 g/mol. The van der Waals surface area contributed by atoms with Gasteiger partial charge in [-0.25, -0.2) is 4.39 Å². The number of ether oxygens (including phenoxy) is 1. The molecule has 1 spiro atoms. The van der Waals surface area contributed by atoms with Gasteiger partial charge in [-0.1, -0.05) is 38.1 Å². The molecular formula is C23H26FNO3. The molecule has 2 saturated carbocycles. The van der Waals surface area contributed by atoms with Crippen LogP contribution in [0.25, 0.3) is 0 Å². The molecule has 1 aromatic rings. The van der Waals surface area contributed by atoms with Crippen molar-refractivity contribution in [3.8, 4) is 0 Å². The Hall–Kier alpha value is -2.01. The van der Waals surface area contributed by atoms with E-state index in [0.717, 1.165) is 12.8 Å². The van der Waals surface area contributed by atoms with E-state index in [0.29, 0.717) is 25.1 Å². The minimum atomic E-state index is -0.424. The van der Waals surface area contributed by atoms with Gasteiger partial charge in [0.2, 0.25) is 0 Å². The topological polar surface area (TPSA) is 55.4 Å². The molecule has 4 nitrogen and oxygen atoms in total. The number of hydrogen-bond acceptors (Lipinski definition) is 4. The molecule has 0 aromatic heterocycles. The number of rotatable bonds is 5. The number of esters is 1. The van der Waals surface area contributed by atoms with Crippen molar-refractivity contribution in [1.29, 1.82) is 0 Å². The van der Waals surface area contributed by atoms with E-state index in [2.05, 4.69) is 12.2 Å². The van der Waals surface area contributed by atoms with Gasteiger partial charge < -0.3 is 10.1 Å². The summed E-state index contributed by atoms with van der Waals surface area (Å²) in [4.78, 5) is 25.2. The maximum Gasteiger partial charge on any atom is 0.310 e. The minimum absolute atomic E-state index is 0.0968. The van der Waals surface area contributed by atoms with Crippen LogP contribution in [0.1, 0.15) is 32.3 Å². The lowest BCUT2D eigenvalue weighted by Crippen LogP contribution is -2.39. The fraction of sp³-hybridized carbons (Fsp3) is 0.565. The fourth-order valence-corrected chi connectivity index (χ4v) is 6.75. The van der Waals surface area contributed by atoms with Crippen LogP contribution in [-0.2, 0) is 20.7 Å². The van der Waals surface area contributed by atoms with Gasteiger partial charge in [-0.2, -0.15) is 0 Å². The molecule has 1 heterocycles. The molecule has 1 unspecified atom stereocenters. The zero-order chi connectivity index (χ0) is 19.7. The third-order valence-electron chi connectivity index (χ3n) is 8.54. The van der Waals surface area contributed by atoms with Gasteiger partial charge in [0.25, 0.3) is 0 Å². The molecule has 5 heteroatoms. The summed E-state index contributed by atoms with van der Waals surface area (Å²) in [6.07, 6.45) is 5.96. The molecule has 1 saturated heterocycles. The first-order valence-corrected chi connectivity index (χ1v) is 10.2. The van der Waals surface area contributed by atoms with Crippen molar-refractivity contribution in [3.05, 3.63) is 47.8 Å². The Balaban J connectivity index is 1.27. The van der Waals surface area contributed by atoms with Crippen molar-refractivity contribution in [2.24, 2.45) is 28.1 Å². The van der Waals surface area contributed by atoms with Crippen molar-refractivity contribution >= 4 is 11.8 Å². The van der Waals surface area contributed by atoms with E-state index in [1.165, 1.54) is 6.07 Å². The van der Waals surface area contributed by atoms with E-state index in [9.17, 15) is 14.0 Å². The summed E-state index contributed by atoms with van der Waals surface area (Å²) in [5.74, 6) is -0.231. The Morgan fingerprint density at radius 3 is 2.82 bits per heavy atom. The zero-order valence-electron chi connectivity index (χ0n) is 16.3. The van der Waals surface area contributed by atoms with Crippen LogP contribution in [-0.4, -0.2) is 30.9 Å². The number of benzene rings is 1. The summed E-state index contributed by atoms with van der Waals surface area (Å²) < 4.78 is 19.6. The maximum absolute atomic E-state index is 13.7. The molecule has 1 N–H and O–H groups in total. The van der Waals surface area contributed by atoms with Gasteiger partial charge in [0.15, 0.2) is 5.78 Å². The van der Waals surface area contributed by atoms with Crippen molar-refractivity contribution in [2.45, 2.75) is 39.2 Å². The Labute approximate surface area is 164 Å². The lowest BCUT2D eigenvalue weighted by molar-refractivity contribution is -0.147. The molecule has 0 amide bonds. The second-order valence-electron chi connectivity index (χ2n) is 9.24. The quantitative estimate of drug-likeness (QED) is 0.627. The molecule has 0 radical (unpaired) electrons. The van der Waals surface area contributed by atoms with E-state index < -0.39 is 5.41 Å². The molecule has 148 valence electrons. The molecule has 1 aromatic carbocycles. The van der Waals surface area contributed by atoms with Gasteiger partial charge in [0.1, 0.15) is 11.9 Å². The minimum Gasteiger partial charge on any atom is -0.461 e. The van der Waals surface area contributed by atoms with Crippen molar-refractivity contribution in [1.82, 2.24) is 5.32 Å². The van der Waals surface area contributed by atoms with Crippen LogP contribution in [0.3, 0.4) is 0 Å². The van der Waals surface area contributed by atoms with Gasteiger partial charge in [-0.05, 0) is 48.9 Å². The van der Waals surface area contributed by atoms with Crippen molar-refractivity contribution in [3.63, 3.8) is 0 Å². The lowest BCUT2D eigenvalue weighted by Gasteiger charge is -2.35. The van der Waals surface area contributed by atoms with E-state index in [1.54, 1.807) is 18.2 Å². The monoisotopic (exact) mass is 383 g/mol. The van der Waals surface area contributed by atoms with Crippen LogP contribution in [0.15, 0.2) is 36.4 Å². The van der Waals surface area contributed by atoms with Gasteiger partial charge in [-0.15, -0.1) is 0 Å². The van der Waals surface area contributed by atoms with Gasteiger partial charge in [0.05, 0.1) is 5.92 Å². The summed E-state index contributed by atoms with van der Waals surface area (Å²) in [5, 5.41) is 3.33. The Morgan fingerprint density at radius 2 is 2.04 bits per heavy atom. The SMILES string of the molecule is C[C@@]12CC[C@H]3[C@H](CNCCc4ccccc4F)C(=O)O[C@@H]3C13C=CC(=O)[C@]32C. The van der Waals surface area contributed by atoms with E-state index >= 15 is 0 Å². The zero-order valence-corrected chi connectivity index (χ0v) is 16.3. The molecule has 4 aliphatic rings. The van der Waals surface area contributed by atoms with Crippen LogP contribution in [0.5, 0.6) is 0 Å². The molecule has 28 heavy (non-hydrogen) atoms. The third kappa shape index (κ3) is 1.93. The highest BCUT2D eigenvalue weighted by molar-refractivity contribution is 6.04. The van der Waals surface area contributed by atoms with Crippen LogP contribution < -0.4 is 5.32 Å². The van der Waals surface area contributed by atoms with E-state index in [1.807, 2.05) is 19.1 Å². The van der Waals surface area contributed by atoms with Crippen LogP contribution in [0.4, 0.5) is 4.39 Å². The lowest BCUT2D eigenvalue weighted by atomic mass is 9.69. The summed E-state index contributed by atoms with van der Waals surface area (Å²) in [7, 11) is 0. The first kappa shape index (κ1) is 18.0. The third-order valence-corrected chi connectivity index (χ3v) is 8.54. The highest BCUT2D eigenvalue weighted by Gasteiger charge is 2.90. The Morgan fingerprint density at radius 1 is 1.25 bits per heavy atom. The van der Waals surface area contributed by atoms with Gasteiger partial charge >= 0.3 is 5.97 Å². The summed E-state index contributed by atoms with van der Waals surface area (Å²) >= 11 is 0. The average Bonchev–Trinajstić information content (AvgIpc) is 2.88. The standard InChI is InChI=1S/C23H26FNO3/c1-21-10-7-15-16(13-25-12-9-14-5-3-4-6-17(14)24)20(27)28-19(15)23(21)11-8-18(26)22(21,23)2/h3-6,8,11,15-16,19,25H,7,9-10,12-13H2,1-2H3/t15-,16-,19-,21-,22-,23?/m0/s1. The Bertz CT molecular complexity index is 898. The molecule has 6 atom stereocenters. The number of hydrogen-bond donors (Lipinski definition) is 1. The number of allylic oxidation sites excluding steroid dienone is 1. The Kier molecular flexibility index (Phi) is 3.71. The van der Waals surface area contributed by atoms with E-state index in [4.69, 9.17) is 4.74 Å². The molecule has 3 aliphatic carbocycles. The van der Waals surface area contributed by atoms with Crippen LogP contribution in [0.2, 0.25) is 0 Å². The predicted molar refractivity (Wildman–Crippen MR) is 102 cm³/mol. The summed E-state index contributed by atoms with van der Waals surface area (Å²) in [6.45, 7) is 5.38. The molecule has 5 rings (SSSR count).